The third-order valence-corrected chi connectivity index (χ3v) is 6.98. The number of aromatic amines is 1. The molecule has 2 fully saturated rings. The van der Waals surface area contributed by atoms with Crippen LogP contribution in [0.4, 0.5) is 13.2 Å². The van der Waals surface area contributed by atoms with E-state index in [1.54, 1.807) is 24.4 Å². The van der Waals surface area contributed by atoms with Crippen molar-refractivity contribution in [1.29, 1.82) is 0 Å². The summed E-state index contributed by atoms with van der Waals surface area (Å²) < 4.78 is 39.0. The smallest absolute Gasteiger partial charge is 0.342 e. The number of nitrogens with one attached hydrogen (secondary N) is 1. The second-order valence-corrected chi connectivity index (χ2v) is 9.89. The third kappa shape index (κ3) is 5.38. The van der Waals surface area contributed by atoms with Crippen LogP contribution in [0.2, 0.25) is 0 Å². The van der Waals surface area contributed by atoms with Crippen LogP contribution in [-0.4, -0.2) is 66.8 Å². The fourth-order valence-corrected chi connectivity index (χ4v) is 4.83. The molecule has 8 nitrogen and oxygen atoms in total. The van der Waals surface area contributed by atoms with Gasteiger partial charge in [0.25, 0.3) is 0 Å². The van der Waals surface area contributed by atoms with E-state index in [0.29, 0.717) is 34.7 Å². The van der Waals surface area contributed by atoms with Crippen molar-refractivity contribution < 1.29 is 18.0 Å². The third-order valence-electron chi connectivity index (χ3n) is 6.98. The van der Waals surface area contributed by atoms with Crippen LogP contribution >= 0.6 is 0 Å². The Bertz CT molecular complexity index is 1470. The molecule has 1 aromatic carbocycles. The first-order valence-electron chi connectivity index (χ1n) is 12.7. The minimum absolute atomic E-state index is 0.192. The molecule has 6 rings (SSSR count). The number of carbonyl (C=O) groups is 1. The summed E-state index contributed by atoms with van der Waals surface area (Å²) in [6, 6.07) is 10.7. The molecule has 1 amide bonds. The molecule has 2 aliphatic rings. The second-order valence-electron chi connectivity index (χ2n) is 9.89. The molecule has 0 radical (unpaired) electrons. The van der Waals surface area contributed by atoms with E-state index in [1.807, 2.05) is 11.0 Å². The summed E-state index contributed by atoms with van der Waals surface area (Å²) in [6.07, 6.45) is 0.872. The maximum atomic E-state index is 13.0. The lowest BCUT2D eigenvalue weighted by Gasteiger charge is -2.35. The topological polar surface area (TPSA) is 90.9 Å². The fourth-order valence-electron chi connectivity index (χ4n) is 4.83. The Morgan fingerprint density at radius 2 is 1.76 bits per heavy atom. The number of fused-ring (bicyclic) bond motifs is 1. The molecule has 1 saturated heterocycles. The van der Waals surface area contributed by atoms with E-state index < -0.39 is 12.0 Å². The summed E-state index contributed by atoms with van der Waals surface area (Å²) in [5, 5.41) is 0. The largest absolute Gasteiger partial charge is 0.451 e. The van der Waals surface area contributed by atoms with Crippen molar-refractivity contribution in [2.45, 2.75) is 32.0 Å². The molecule has 0 spiro atoms. The van der Waals surface area contributed by atoms with Gasteiger partial charge < -0.3 is 9.88 Å². The van der Waals surface area contributed by atoms with Gasteiger partial charge in [0.15, 0.2) is 0 Å². The maximum absolute atomic E-state index is 13.0. The highest BCUT2D eigenvalue weighted by Crippen LogP contribution is 2.31. The molecule has 11 heteroatoms. The number of hydrogen-bond donors (Lipinski definition) is 1. The van der Waals surface area contributed by atoms with Gasteiger partial charge in [-0.3, -0.25) is 14.7 Å². The highest BCUT2D eigenvalue weighted by Gasteiger charge is 2.35. The molecule has 4 aromatic rings. The van der Waals surface area contributed by atoms with Crippen LogP contribution in [0.5, 0.6) is 0 Å². The summed E-state index contributed by atoms with van der Waals surface area (Å²) >= 11 is 0. The Hall–Kier alpha value is -3.86. The van der Waals surface area contributed by atoms with Crippen LogP contribution in [0, 0.1) is 5.92 Å². The summed E-state index contributed by atoms with van der Waals surface area (Å²) in [7, 11) is 0. The Morgan fingerprint density at radius 3 is 2.53 bits per heavy atom. The number of rotatable bonds is 6. The van der Waals surface area contributed by atoms with Crippen molar-refractivity contribution in [2.24, 2.45) is 5.92 Å². The molecule has 1 saturated carbocycles. The quantitative estimate of drug-likeness (QED) is 0.411. The lowest BCUT2D eigenvalue weighted by molar-refractivity contribution is -0.144. The Morgan fingerprint density at radius 1 is 0.974 bits per heavy atom. The van der Waals surface area contributed by atoms with E-state index >= 15 is 0 Å². The number of H-pyrrole nitrogens is 1. The fraction of sp³-hybridized carbons (Fsp3) is 0.370. The van der Waals surface area contributed by atoms with Gasteiger partial charge in [-0.15, -0.1) is 0 Å². The molecule has 1 aliphatic carbocycles. The van der Waals surface area contributed by atoms with E-state index in [-0.39, 0.29) is 11.6 Å². The van der Waals surface area contributed by atoms with Gasteiger partial charge in [-0.2, -0.15) is 13.2 Å². The Labute approximate surface area is 216 Å². The molecule has 196 valence electrons. The number of piperazine rings is 1. The molecule has 0 bridgehead atoms. The average Bonchev–Trinajstić information content (AvgIpc) is 3.68. The predicted molar refractivity (Wildman–Crippen MR) is 134 cm³/mol. The first kappa shape index (κ1) is 24.5. The van der Waals surface area contributed by atoms with Crippen LogP contribution in [0.15, 0.2) is 48.8 Å². The van der Waals surface area contributed by atoms with Crippen molar-refractivity contribution >= 4 is 16.9 Å². The normalized spacial score (nSPS) is 16.8. The van der Waals surface area contributed by atoms with Gasteiger partial charge in [0.2, 0.25) is 11.7 Å². The zero-order valence-corrected chi connectivity index (χ0v) is 20.6. The van der Waals surface area contributed by atoms with Gasteiger partial charge in [-0.25, -0.2) is 15.0 Å². The standard InChI is InChI=1S/C27H26F3N7O/c28-27(29,30)26-32-8-6-21(35-26)19-3-4-22-23(14-19)34-24(33-22)15-20-13-17(5-7-31-20)16-36-9-11-37(12-10-36)25(38)18-1-2-18/h3-8,13-14,18H,1-2,9-12,15-16H2,(H,33,34). The highest BCUT2D eigenvalue weighted by molar-refractivity contribution is 5.81. The van der Waals surface area contributed by atoms with Gasteiger partial charge >= 0.3 is 6.18 Å². The summed E-state index contributed by atoms with van der Waals surface area (Å²) in [5.41, 5.74) is 4.18. The van der Waals surface area contributed by atoms with Crippen LogP contribution in [0.1, 0.15) is 35.7 Å². The van der Waals surface area contributed by atoms with Crippen LogP contribution < -0.4 is 0 Å². The minimum Gasteiger partial charge on any atom is -0.342 e. The monoisotopic (exact) mass is 521 g/mol. The number of benzene rings is 1. The van der Waals surface area contributed by atoms with Gasteiger partial charge in [-0.1, -0.05) is 6.07 Å². The van der Waals surface area contributed by atoms with Gasteiger partial charge in [-0.05, 0) is 48.7 Å². The number of carbonyl (C=O) groups excluding carboxylic acids is 1. The number of pyridine rings is 1. The summed E-state index contributed by atoms with van der Waals surface area (Å²) in [4.78, 5) is 36.1. The number of nitrogens with zero attached hydrogens (tertiary/aromatic N) is 6. The van der Waals surface area contributed by atoms with Crippen molar-refractivity contribution in [3.63, 3.8) is 0 Å². The van der Waals surface area contributed by atoms with Crippen LogP contribution in [-0.2, 0) is 23.9 Å². The predicted octanol–water partition coefficient (Wildman–Crippen LogP) is 4.08. The first-order valence-corrected chi connectivity index (χ1v) is 12.7. The van der Waals surface area contributed by atoms with Crippen LogP contribution in [0.3, 0.4) is 0 Å². The zero-order chi connectivity index (χ0) is 26.3. The van der Waals surface area contributed by atoms with E-state index in [0.717, 1.165) is 63.0 Å². The number of amides is 1. The van der Waals surface area contributed by atoms with Crippen molar-refractivity contribution in [3.05, 3.63) is 71.7 Å². The highest BCUT2D eigenvalue weighted by atomic mass is 19.4. The van der Waals surface area contributed by atoms with Crippen molar-refractivity contribution in [2.75, 3.05) is 26.2 Å². The van der Waals surface area contributed by atoms with Gasteiger partial charge in [0, 0.05) is 68.7 Å². The van der Waals surface area contributed by atoms with E-state index in [9.17, 15) is 18.0 Å². The lowest BCUT2D eigenvalue weighted by Crippen LogP contribution is -2.48. The maximum Gasteiger partial charge on any atom is 0.451 e. The Balaban J connectivity index is 1.12. The number of imidazole rings is 1. The minimum atomic E-state index is -4.60. The molecule has 3 aromatic heterocycles. The second kappa shape index (κ2) is 9.79. The number of halogens is 3. The molecule has 38 heavy (non-hydrogen) atoms. The zero-order valence-electron chi connectivity index (χ0n) is 20.6. The molecule has 0 unspecified atom stereocenters. The molecule has 1 aliphatic heterocycles. The molecule has 1 N–H and O–H groups in total. The SMILES string of the molecule is O=C(C1CC1)N1CCN(Cc2ccnc(Cc3nc4ccc(-c5ccnc(C(F)(F)F)n5)cc4[nH]3)c2)CC1. The average molecular weight is 522 g/mol. The van der Waals surface area contributed by atoms with Gasteiger partial charge in [0.1, 0.15) is 5.82 Å². The van der Waals surface area contributed by atoms with E-state index in [2.05, 4.69) is 35.9 Å². The number of alkyl halides is 3. The molecular formula is C27H26F3N7O. The van der Waals surface area contributed by atoms with E-state index in [4.69, 9.17) is 0 Å². The molecule has 0 atom stereocenters. The number of hydrogen-bond acceptors (Lipinski definition) is 6. The first-order chi connectivity index (χ1) is 18.3. The number of aromatic nitrogens is 5. The Kier molecular flexibility index (Phi) is 6.30. The lowest BCUT2D eigenvalue weighted by atomic mass is 10.1. The van der Waals surface area contributed by atoms with Crippen molar-refractivity contribution in [3.8, 4) is 11.3 Å². The summed E-state index contributed by atoms with van der Waals surface area (Å²) in [5.74, 6) is 0.133. The van der Waals surface area contributed by atoms with Crippen LogP contribution in [0.25, 0.3) is 22.3 Å². The van der Waals surface area contributed by atoms with Gasteiger partial charge in [0.05, 0.1) is 16.7 Å². The molecular weight excluding hydrogens is 495 g/mol. The summed E-state index contributed by atoms with van der Waals surface area (Å²) in [6.45, 7) is 4.07. The van der Waals surface area contributed by atoms with E-state index in [1.165, 1.54) is 6.07 Å². The molecule has 4 heterocycles. The van der Waals surface area contributed by atoms with Crippen molar-refractivity contribution in [1.82, 2.24) is 34.7 Å².